The van der Waals surface area contributed by atoms with Crippen LogP contribution < -0.4 is 25.6 Å². The standard InChI is InChI=1S/C28H30N8O3/c1-4-27(37)31-22-17-23(25(38-3)18-24(22)36-13-15-39-16-14-36)32-28-29-11-9-26(33-28)30-20-8-6-5-7-19(20)21-10-12-35(2)34-21/h4-12,17-18H,1,13-16H2,2-3H3,(H,31,37)(H2,29,30,32,33). The molecule has 1 fully saturated rings. The molecule has 3 N–H and O–H groups in total. The molecule has 2 aromatic heterocycles. The van der Waals surface area contributed by atoms with E-state index in [9.17, 15) is 4.79 Å². The van der Waals surface area contributed by atoms with Crippen molar-refractivity contribution in [3.63, 3.8) is 0 Å². The predicted molar refractivity (Wildman–Crippen MR) is 152 cm³/mol. The van der Waals surface area contributed by atoms with Crippen LogP contribution in [0.15, 0.2) is 73.6 Å². The molecule has 39 heavy (non-hydrogen) atoms. The highest BCUT2D eigenvalue weighted by Gasteiger charge is 2.20. The van der Waals surface area contributed by atoms with Crippen molar-refractivity contribution in [2.75, 3.05) is 54.3 Å². The zero-order chi connectivity index (χ0) is 27.2. The molecule has 0 atom stereocenters. The minimum atomic E-state index is -0.311. The number of rotatable bonds is 9. The summed E-state index contributed by atoms with van der Waals surface area (Å²) in [6.07, 6.45) is 4.81. The highest BCUT2D eigenvalue weighted by atomic mass is 16.5. The van der Waals surface area contributed by atoms with Crippen molar-refractivity contribution in [1.29, 1.82) is 0 Å². The van der Waals surface area contributed by atoms with Crippen LogP contribution in [0.25, 0.3) is 11.3 Å². The molecule has 0 aliphatic carbocycles. The molecule has 1 aliphatic rings. The zero-order valence-electron chi connectivity index (χ0n) is 21.8. The van der Waals surface area contributed by atoms with Gasteiger partial charge >= 0.3 is 0 Å². The molecule has 2 aromatic carbocycles. The number of aryl methyl sites for hydroxylation is 1. The average Bonchev–Trinajstić information content (AvgIpc) is 3.40. The second-order valence-corrected chi connectivity index (χ2v) is 8.80. The lowest BCUT2D eigenvalue weighted by molar-refractivity contribution is -0.111. The lowest BCUT2D eigenvalue weighted by Gasteiger charge is -2.31. The summed E-state index contributed by atoms with van der Waals surface area (Å²) in [5, 5.41) is 14.0. The fourth-order valence-corrected chi connectivity index (χ4v) is 4.31. The first-order chi connectivity index (χ1) is 19.0. The number of carbonyl (C=O) groups excluding carboxylic acids is 1. The maximum absolute atomic E-state index is 12.2. The van der Waals surface area contributed by atoms with Crippen LogP contribution in [0.1, 0.15) is 0 Å². The number of aromatic nitrogens is 4. The summed E-state index contributed by atoms with van der Waals surface area (Å²) in [7, 11) is 3.48. The first-order valence-electron chi connectivity index (χ1n) is 12.5. The third kappa shape index (κ3) is 5.99. The molecule has 11 heteroatoms. The SMILES string of the molecule is C=CC(=O)Nc1cc(Nc2nccc(Nc3ccccc3-c3ccn(C)n3)n2)c(OC)cc1N1CCOCC1. The molecule has 5 rings (SSSR count). The number of hydrogen-bond donors (Lipinski definition) is 3. The first-order valence-corrected chi connectivity index (χ1v) is 12.5. The first kappa shape index (κ1) is 25.7. The van der Waals surface area contributed by atoms with Gasteiger partial charge in [0, 0.05) is 49.8 Å². The molecule has 4 aromatic rings. The van der Waals surface area contributed by atoms with Crippen LogP contribution in [0, 0.1) is 0 Å². The van der Waals surface area contributed by atoms with E-state index < -0.39 is 0 Å². The Kier molecular flexibility index (Phi) is 7.69. The third-order valence-electron chi connectivity index (χ3n) is 6.19. The number of ether oxygens (including phenoxy) is 2. The average molecular weight is 527 g/mol. The van der Waals surface area contributed by atoms with Gasteiger partial charge in [-0.05, 0) is 30.3 Å². The number of para-hydroxylation sites is 1. The molecule has 0 unspecified atom stereocenters. The van der Waals surface area contributed by atoms with Gasteiger partial charge in [0.2, 0.25) is 11.9 Å². The molecule has 0 spiro atoms. The van der Waals surface area contributed by atoms with Crippen LogP contribution in [0.3, 0.4) is 0 Å². The highest BCUT2D eigenvalue weighted by Crippen LogP contribution is 2.38. The van der Waals surface area contributed by atoms with E-state index in [0.717, 1.165) is 22.6 Å². The predicted octanol–water partition coefficient (Wildman–Crippen LogP) is 4.33. The second kappa shape index (κ2) is 11.7. The van der Waals surface area contributed by atoms with Gasteiger partial charge < -0.3 is 30.3 Å². The van der Waals surface area contributed by atoms with Crippen LogP contribution in [-0.2, 0) is 16.6 Å². The molecule has 200 valence electrons. The molecule has 0 bridgehead atoms. The summed E-state index contributed by atoms with van der Waals surface area (Å²) >= 11 is 0. The van der Waals surface area contributed by atoms with Crippen molar-refractivity contribution >= 4 is 40.4 Å². The van der Waals surface area contributed by atoms with E-state index >= 15 is 0 Å². The van der Waals surface area contributed by atoms with Crippen LogP contribution in [0.2, 0.25) is 0 Å². The van der Waals surface area contributed by atoms with E-state index in [1.165, 1.54) is 6.08 Å². The molecule has 1 aliphatic heterocycles. The number of hydrogen-bond acceptors (Lipinski definition) is 9. The normalized spacial score (nSPS) is 13.0. The van der Waals surface area contributed by atoms with E-state index in [4.69, 9.17) is 9.47 Å². The topological polar surface area (TPSA) is 118 Å². The summed E-state index contributed by atoms with van der Waals surface area (Å²) in [5.74, 6) is 1.22. The van der Waals surface area contributed by atoms with E-state index in [0.29, 0.717) is 55.2 Å². The van der Waals surface area contributed by atoms with E-state index in [1.807, 2.05) is 55.7 Å². The highest BCUT2D eigenvalue weighted by molar-refractivity contribution is 6.02. The van der Waals surface area contributed by atoms with Gasteiger partial charge in [-0.2, -0.15) is 10.1 Å². The minimum absolute atomic E-state index is 0.311. The second-order valence-electron chi connectivity index (χ2n) is 8.80. The van der Waals surface area contributed by atoms with Gasteiger partial charge in [0.05, 0.1) is 43.1 Å². The Morgan fingerprint density at radius 2 is 1.90 bits per heavy atom. The van der Waals surface area contributed by atoms with Crippen molar-refractivity contribution in [1.82, 2.24) is 19.7 Å². The number of amides is 1. The van der Waals surface area contributed by atoms with Crippen LogP contribution in [0.5, 0.6) is 5.75 Å². The lowest BCUT2D eigenvalue weighted by Crippen LogP contribution is -2.36. The molecule has 0 saturated carbocycles. The molecular weight excluding hydrogens is 496 g/mol. The maximum atomic E-state index is 12.2. The summed E-state index contributed by atoms with van der Waals surface area (Å²) in [6, 6.07) is 15.3. The van der Waals surface area contributed by atoms with Gasteiger partial charge in [0.1, 0.15) is 11.6 Å². The van der Waals surface area contributed by atoms with Gasteiger partial charge in [-0.1, -0.05) is 24.8 Å². The third-order valence-corrected chi connectivity index (χ3v) is 6.19. The Balaban J connectivity index is 1.43. The number of nitrogens with zero attached hydrogens (tertiary/aromatic N) is 5. The lowest BCUT2D eigenvalue weighted by atomic mass is 10.1. The fourth-order valence-electron chi connectivity index (χ4n) is 4.31. The number of benzene rings is 2. The van der Waals surface area contributed by atoms with Crippen LogP contribution in [-0.4, -0.2) is 59.1 Å². The summed E-state index contributed by atoms with van der Waals surface area (Å²) in [4.78, 5) is 23.4. The van der Waals surface area contributed by atoms with E-state index in [-0.39, 0.29) is 5.91 Å². The Morgan fingerprint density at radius 3 is 2.64 bits per heavy atom. The Bertz CT molecular complexity index is 1480. The quantitative estimate of drug-likeness (QED) is 0.274. The molecule has 0 radical (unpaired) electrons. The number of anilines is 6. The van der Waals surface area contributed by atoms with Crippen LogP contribution >= 0.6 is 0 Å². The molecule has 3 heterocycles. The van der Waals surface area contributed by atoms with Gasteiger partial charge in [0.15, 0.2) is 0 Å². The largest absolute Gasteiger partial charge is 0.494 e. The summed E-state index contributed by atoms with van der Waals surface area (Å²) < 4.78 is 13.0. The van der Waals surface area contributed by atoms with Gasteiger partial charge in [0.25, 0.3) is 0 Å². The van der Waals surface area contributed by atoms with Crippen molar-refractivity contribution in [2.45, 2.75) is 0 Å². The van der Waals surface area contributed by atoms with Crippen molar-refractivity contribution < 1.29 is 14.3 Å². The maximum Gasteiger partial charge on any atom is 0.247 e. The van der Waals surface area contributed by atoms with E-state index in [2.05, 4.69) is 42.5 Å². The monoisotopic (exact) mass is 526 g/mol. The zero-order valence-corrected chi connectivity index (χ0v) is 21.8. The van der Waals surface area contributed by atoms with Crippen molar-refractivity contribution in [3.8, 4) is 17.0 Å². The smallest absolute Gasteiger partial charge is 0.247 e. The number of nitrogens with one attached hydrogen (secondary N) is 3. The van der Waals surface area contributed by atoms with Crippen molar-refractivity contribution in [2.24, 2.45) is 7.05 Å². The number of methoxy groups -OCH3 is 1. The van der Waals surface area contributed by atoms with Crippen molar-refractivity contribution in [3.05, 3.63) is 73.6 Å². The van der Waals surface area contributed by atoms with Gasteiger partial charge in [-0.25, -0.2) is 4.98 Å². The van der Waals surface area contributed by atoms with Gasteiger partial charge in [-0.15, -0.1) is 0 Å². The minimum Gasteiger partial charge on any atom is -0.494 e. The van der Waals surface area contributed by atoms with E-state index in [1.54, 1.807) is 24.1 Å². The Hall–Kier alpha value is -4.90. The Morgan fingerprint density at radius 1 is 1.08 bits per heavy atom. The molecule has 1 saturated heterocycles. The molecular formula is C28H30N8O3. The summed E-state index contributed by atoms with van der Waals surface area (Å²) in [5.41, 5.74) is 4.71. The van der Waals surface area contributed by atoms with Crippen LogP contribution in [0.4, 0.5) is 34.5 Å². The summed E-state index contributed by atoms with van der Waals surface area (Å²) in [6.45, 7) is 6.18. The number of morpholine rings is 1. The number of carbonyl (C=O) groups is 1. The van der Waals surface area contributed by atoms with Gasteiger partial charge in [-0.3, -0.25) is 9.48 Å². The Labute approximate surface area is 226 Å². The fraction of sp³-hybridized carbons (Fsp3) is 0.214. The molecule has 1 amide bonds. The molecule has 11 nitrogen and oxygen atoms in total.